The highest BCUT2D eigenvalue weighted by molar-refractivity contribution is 6.74. The fourth-order valence-corrected chi connectivity index (χ4v) is 4.71. The van der Waals surface area contributed by atoms with Crippen molar-refractivity contribution in [2.45, 2.75) is 45.0 Å². The first-order valence-electron chi connectivity index (χ1n) is 10.5. The molecule has 2 nitrogen and oxygen atoms in total. The molecule has 0 heterocycles. The summed E-state index contributed by atoms with van der Waals surface area (Å²) in [5.41, 5.74) is 1.83. The average molecular weight is 415 g/mol. The van der Waals surface area contributed by atoms with Crippen LogP contribution in [-0.4, -0.2) is 13.4 Å². The lowest BCUT2D eigenvalue weighted by Crippen LogP contribution is -2.43. The standard InChI is InChI=1S/C27H30O2Si/c1-27(2,3)30(4,5)29-22-16-14-19(15-17-22)26(28)25-23-12-8-6-10-20(23)18-21-11-7-9-13-24(21)25/h6-18,26,28H,1-5H3. The Morgan fingerprint density at radius 3 is 1.77 bits per heavy atom. The van der Waals surface area contributed by atoms with E-state index in [1.165, 1.54) is 0 Å². The Labute approximate surface area is 180 Å². The number of hydrogen-bond acceptors (Lipinski definition) is 2. The molecule has 4 rings (SSSR count). The Morgan fingerprint density at radius 2 is 1.27 bits per heavy atom. The van der Waals surface area contributed by atoms with Gasteiger partial charge in [-0.05, 0) is 63.4 Å². The summed E-state index contributed by atoms with van der Waals surface area (Å²) < 4.78 is 6.40. The molecule has 4 aromatic carbocycles. The van der Waals surface area contributed by atoms with E-state index >= 15 is 0 Å². The maximum Gasteiger partial charge on any atom is 0.250 e. The molecule has 0 fully saturated rings. The van der Waals surface area contributed by atoms with Gasteiger partial charge in [0.1, 0.15) is 11.9 Å². The second-order valence-corrected chi connectivity index (χ2v) is 14.3. The molecule has 0 aliphatic carbocycles. The number of aliphatic hydroxyl groups is 1. The van der Waals surface area contributed by atoms with Crippen LogP contribution in [-0.2, 0) is 0 Å². The Morgan fingerprint density at radius 1 is 0.767 bits per heavy atom. The zero-order valence-electron chi connectivity index (χ0n) is 18.4. The molecular formula is C27H30O2Si. The van der Waals surface area contributed by atoms with Gasteiger partial charge in [0.05, 0.1) is 0 Å². The Balaban J connectivity index is 1.75. The van der Waals surface area contributed by atoms with Gasteiger partial charge in [-0.3, -0.25) is 0 Å². The topological polar surface area (TPSA) is 29.5 Å². The molecule has 0 amide bonds. The van der Waals surface area contributed by atoms with Crippen LogP contribution in [0.15, 0.2) is 78.9 Å². The summed E-state index contributed by atoms with van der Waals surface area (Å²) >= 11 is 0. The normalized spacial score (nSPS) is 13.5. The predicted octanol–water partition coefficient (Wildman–Crippen LogP) is 7.46. The van der Waals surface area contributed by atoms with Crippen molar-refractivity contribution in [3.8, 4) is 5.75 Å². The van der Waals surface area contributed by atoms with Crippen molar-refractivity contribution in [1.82, 2.24) is 0 Å². The SMILES string of the molecule is CC(C)(C)[Si](C)(C)Oc1ccc(C(O)c2c3ccccc3cc3ccccc23)cc1. The molecule has 154 valence electrons. The minimum Gasteiger partial charge on any atom is -0.544 e. The molecule has 0 aliphatic heterocycles. The van der Waals surface area contributed by atoms with Crippen LogP contribution < -0.4 is 4.43 Å². The van der Waals surface area contributed by atoms with Crippen molar-refractivity contribution in [2.75, 3.05) is 0 Å². The molecule has 3 heteroatoms. The van der Waals surface area contributed by atoms with Crippen molar-refractivity contribution in [2.24, 2.45) is 0 Å². The van der Waals surface area contributed by atoms with Crippen LogP contribution in [0.4, 0.5) is 0 Å². The summed E-state index contributed by atoms with van der Waals surface area (Å²) in [6.07, 6.45) is -0.706. The quantitative estimate of drug-likeness (QED) is 0.277. The number of benzene rings is 4. The summed E-state index contributed by atoms with van der Waals surface area (Å²) in [7, 11) is -1.89. The number of hydrogen-bond donors (Lipinski definition) is 1. The first kappa shape index (κ1) is 20.6. The fraction of sp³-hybridized carbons (Fsp3) is 0.259. The second-order valence-electron chi connectivity index (χ2n) is 9.57. The van der Waals surface area contributed by atoms with E-state index in [1.807, 2.05) is 48.5 Å². The van der Waals surface area contributed by atoms with Gasteiger partial charge in [-0.2, -0.15) is 0 Å². The first-order valence-corrected chi connectivity index (χ1v) is 13.5. The number of aliphatic hydroxyl groups excluding tert-OH is 1. The van der Waals surface area contributed by atoms with E-state index in [4.69, 9.17) is 4.43 Å². The van der Waals surface area contributed by atoms with E-state index < -0.39 is 14.4 Å². The van der Waals surface area contributed by atoms with E-state index in [-0.39, 0.29) is 5.04 Å². The average Bonchev–Trinajstić information content (AvgIpc) is 2.71. The zero-order valence-corrected chi connectivity index (χ0v) is 19.4. The van der Waals surface area contributed by atoms with Crippen LogP contribution >= 0.6 is 0 Å². The molecule has 1 atom stereocenters. The van der Waals surface area contributed by atoms with Crippen molar-refractivity contribution in [3.63, 3.8) is 0 Å². The molecule has 0 spiro atoms. The smallest absolute Gasteiger partial charge is 0.250 e. The third kappa shape index (κ3) is 3.75. The van der Waals surface area contributed by atoms with Crippen LogP contribution in [0, 0.1) is 0 Å². The minimum atomic E-state index is -1.89. The molecule has 0 aromatic heterocycles. The zero-order chi connectivity index (χ0) is 21.5. The van der Waals surface area contributed by atoms with Crippen molar-refractivity contribution in [1.29, 1.82) is 0 Å². The molecule has 1 N–H and O–H groups in total. The van der Waals surface area contributed by atoms with E-state index in [0.29, 0.717) is 0 Å². The maximum atomic E-state index is 11.4. The highest BCUT2D eigenvalue weighted by atomic mass is 28.4. The second kappa shape index (κ2) is 7.57. The number of rotatable bonds is 4. The Hall–Kier alpha value is -2.62. The molecule has 0 bridgehead atoms. The van der Waals surface area contributed by atoms with Gasteiger partial charge in [-0.1, -0.05) is 81.4 Å². The Bertz CT molecular complexity index is 1130. The lowest BCUT2D eigenvalue weighted by molar-refractivity contribution is 0.223. The van der Waals surface area contributed by atoms with Gasteiger partial charge in [0.25, 0.3) is 0 Å². The van der Waals surface area contributed by atoms with Crippen LogP contribution in [0.3, 0.4) is 0 Å². The van der Waals surface area contributed by atoms with Crippen molar-refractivity contribution in [3.05, 3.63) is 90.0 Å². The van der Waals surface area contributed by atoms with E-state index in [0.717, 1.165) is 38.4 Å². The molecule has 4 aromatic rings. The van der Waals surface area contributed by atoms with Gasteiger partial charge in [0.15, 0.2) is 0 Å². The first-order chi connectivity index (χ1) is 14.2. The van der Waals surface area contributed by atoms with Crippen LogP contribution in [0.5, 0.6) is 5.75 Å². The predicted molar refractivity (Wildman–Crippen MR) is 130 cm³/mol. The van der Waals surface area contributed by atoms with E-state index in [9.17, 15) is 5.11 Å². The summed E-state index contributed by atoms with van der Waals surface area (Å²) in [5, 5.41) is 16.0. The van der Waals surface area contributed by atoms with Crippen molar-refractivity contribution >= 4 is 29.9 Å². The molecule has 0 saturated heterocycles. The third-order valence-corrected chi connectivity index (χ3v) is 10.8. The Kier molecular flexibility index (Phi) is 5.21. The lowest BCUT2D eigenvalue weighted by atomic mass is 9.90. The minimum absolute atomic E-state index is 0.146. The lowest BCUT2D eigenvalue weighted by Gasteiger charge is -2.36. The largest absolute Gasteiger partial charge is 0.544 e. The van der Waals surface area contributed by atoms with Gasteiger partial charge in [0.2, 0.25) is 8.32 Å². The van der Waals surface area contributed by atoms with Crippen LogP contribution in [0.25, 0.3) is 21.5 Å². The fourth-order valence-electron chi connectivity index (χ4n) is 3.68. The van der Waals surface area contributed by atoms with E-state index in [2.05, 4.69) is 64.2 Å². The third-order valence-electron chi connectivity index (χ3n) is 6.46. The van der Waals surface area contributed by atoms with Gasteiger partial charge in [0, 0.05) is 5.56 Å². The van der Waals surface area contributed by atoms with Crippen LogP contribution in [0.2, 0.25) is 18.1 Å². The highest BCUT2D eigenvalue weighted by Crippen LogP contribution is 2.39. The van der Waals surface area contributed by atoms with Gasteiger partial charge in [-0.25, -0.2) is 0 Å². The summed E-state index contributed by atoms with van der Waals surface area (Å²) in [5.74, 6) is 0.875. The summed E-state index contributed by atoms with van der Waals surface area (Å²) in [6.45, 7) is 11.2. The monoisotopic (exact) mass is 414 g/mol. The molecule has 0 saturated carbocycles. The van der Waals surface area contributed by atoms with Crippen LogP contribution in [0.1, 0.15) is 38.0 Å². The van der Waals surface area contributed by atoms with Crippen molar-refractivity contribution < 1.29 is 9.53 Å². The highest BCUT2D eigenvalue weighted by Gasteiger charge is 2.38. The number of fused-ring (bicyclic) bond motifs is 2. The molecule has 0 radical (unpaired) electrons. The molecule has 1 unspecified atom stereocenters. The van der Waals surface area contributed by atoms with Gasteiger partial charge < -0.3 is 9.53 Å². The summed E-state index contributed by atoms with van der Waals surface area (Å²) in [6, 6.07) is 26.7. The van der Waals surface area contributed by atoms with Gasteiger partial charge >= 0.3 is 0 Å². The molecule has 0 aliphatic rings. The molecule has 30 heavy (non-hydrogen) atoms. The van der Waals surface area contributed by atoms with E-state index in [1.54, 1.807) is 0 Å². The maximum absolute atomic E-state index is 11.4. The van der Waals surface area contributed by atoms with Gasteiger partial charge in [-0.15, -0.1) is 0 Å². The molecular weight excluding hydrogens is 384 g/mol. The summed E-state index contributed by atoms with van der Waals surface area (Å²) in [4.78, 5) is 0.